The van der Waals surface area contributed by atoms with Crippen molar-refractivity contribution in [3.8, 4) is 0 Å². The first-order valence-corrected chi connectivity index (χ1v) is 3.66. The molecule has 1 N–H and O–H groups in total. The normalized spacial score (nSPS) is 15.8. The molecule has 0 amide bonds. The number of fused-ring (bicyclic) bond motifs is 1. The average Bonchev–Trinajstić information content (AvgIpc) is 2.29. The van der Waals surface area contributed by atoms with Gasteiger partial charge in [0.1, 0.15) is 5.76 Å². The van der Waals surface area contributed by atoms with Crippen molar-refractivity contribution in [2.75, 3.05) is 0 Å². The van der Waals surface area contributed by atoms with E-state index in [1.54, 1.807) is 6.07 Å². The van der Waals surface area contributed by atoms with Gasteiger partial charge in [-0.05, 0) is 13.0 Å². The lowest BCUT2D eigenvalue weighted by atomic mass is 10.2. The van der Waals surface area contributed by atoms with E-state index < -0.39 is 0 Å². The molecule has 12 heavy (non-hydrogen) atoms. The highest BCUT2D eigenvalue weighted by atomic mass is 16.3. The largest absolute Gasteiger partial charge is 0.512 e. The van der Waals surface area contributed by atoms with Crippen LogP contribution in [0.25, 0.3) is 0 Å². The number of nitrogens with zero attached hydrogens (tertiary/aromatic N) is 2. The number of hydrogen-bond acceptors (Lipinski definition) is 3. The number of aromatic nitrogens is 2. The van der Waals surface area contributed by atoms with Gasteiger partial charge in [-0.3, -0.25) is 4.79 Å². The predicted octanol–water partition coefficient (Wildman–Crippen LogP) is 0.830. The minimum absolute atomic E-state index is 0.104. The molecule has 4 nitrogen and oxygen atoms in total. The summed E-state index contributed by atoms with van der Waals surface area (Å²) in [6.45, 7) is 1.82. The summed E-state index contributed by atoms with van der Waals surface area (Å²) in [6.07, 6.45) is 1.59. The summed E-state index contributed by atoms with van der Waals surface area (Å²) in [7, 11) is 0. The Morgan fingerprint density at radius 2 is 2.42 bits per heavy atom. The summed E-state index contributed by atoms with van der Waals surface area (Å²) in [5, 5.41) is 13.1. The zero-order valence-corrected chi connectivity index (χ0v) is 6.61. The third-order valence-electron chi connectivity index (χ3n) is 1.77. The van der Waals surface area contributed by atoms with Crippen LogP contribution >= 0.6 is 0 Å². The van der Waals surface area contributed by atoms with Crippen molar-refractivity contribution in [2.24, 2.45) is 0 Å². The molecule has 2 rings (SSSR count). The van der Waals surface area contributed by atoms with E-state index in [0.717, 1.165) is 11.4 Å². The number of hydrogen-bond donors (Lipinski definition) is 1. The summed E-state index contributed by atoms with van der Waals surface area (Å²) in [5.74, 6) is -0.172. The maximum absolute atomic E-state index is 11.2. The third kappa shape index (κ3) is 0.922. The molecule has 0 saturated heterocycles. The highest BCUT2D eigenvalue weighted by molar-refractivity contribution is 5.91. The third-order valence-corrected chi connectivity index (χ3v) is 1.77. The number of carbonyl (C=O) groups is 1. The summed E-state index contributed by atoms with van der Waals surface area (Å²) in [5.41, 5.74) is 1.54. The van der Waals surface area contributed by atoms with Crippen molar-refractivity contribution >= 4 is 5.91 Å². The second kappa shape index (κ2) is 2.20. The molecule has 0 saturated carbocycles. The lowest BCUT2D eigenvalue weighted by molar-refractivity contribution is 0.0939. The van der Waals surface area contributed by atoms with Crippen LogP contribution in [0.4, 0.5) is 0 Å². The first-order chi connectivity index (χ1) is 5.66. The van der Waals surface area contributed by atoms with Crippen molar-refractivity contribution in [1.82, 2.24) is 9.78 Å². The van der Waals surface area contributed by atoms with Gasteiger partial charge in [0.25, 0.3) is 5.91 Å². The van der Waals surface area contributed by atoms with Crippen molar-refractivity contribution in [3.05, 3.63) is 29.3 Å². The van der Waals surface area contributed by atoms with Crippen LogP contribution in [-0.2, 0) is 6.42 Å². The maximum atomic E-state index is 11.2. The average molecular weight is 164 g/mol. The Morgan fingerprint density at radius 1 is 1.67 bits per heavy atom. The van der Waals surface area contributed by atoms with Crippen LogP contribution < -0.4 is 0 Å². The monoisotopic (exact) mass is 164 g/mol. The van der Waals surface area contributed by atoms with E-state index in [-0.39, 0.29) is 11.7 Å². The first-order valence-electron chi connectivity index (χ1n) is 3.66. The molecule has 0 unspecified atom stereocenters. The Morgan fingerprint density at radius 3 is 3.17 bits per heavy atom. The molecule has 0 spiro atoms. The van der Waals surface area contributed by atoms with Gasteiger partial charge in [0, 0.05) is 12.5 Å². The van der Waals surface area contributed by atoms with Gasteiger partial charge < -0.3 is 5.11 Å². The molecule has 4 heteroatoms. The Kier molecular flexibility index (Phi) is 1.30. The highest BCUT2D eigenvalue weighted by Crippen LogP contribution is 2.13. The van der Waals surface area contributed by atoms with Gasteiger partial charge in [-0.25, -0.2) is 4.68 Å². The number of carbonyl (C=O) groups excluding carboxylic acids is 1. The zero-order chi connectivity index (χ0) is 8.72. The zero-order valence-electron chi connectivity index (χ0n) is 6.61. The molecule has 1 aromatic rings. The molecule has 0 aromatic carbocycles. The molecular weight excluding hydrogens is 156 g/mol. The molecule has 1 aromatic heterocycles. The Balaban J connectivity index is 2.54. The Bertz CT molecular complexity index is 376. The summed E-state index contributed by atoms with van der Waals surface area (Å²) in [6, 6.07) is 1.79. The fraction of sp³-hybridized carbons (Fsp3) is 0.250. The van der Waals surface area contributed by atoms with E-state index in [0.29, 0.717) is 6.42 Å². The van der Waals surface area contributed by atoms with E-state index in [1.807, 2.05) is 6.92 Å². The Labute approximate surface area is 69.1 Å². The Hall–Kier alpha value is -1.58. The van der Waals surface area contributed by atoms with Gasteiger partial charge in [0.15, 0.2) is 0 Å². The van der Waals surface area contributed by atoms with Gasteiger partial charge in [0.2, 0.25) is 0 Å². The molecular formula is C8H8N2O2. The summed E-state index contributed by atoms with van der Waals surface area (Å²) in [4.78, 5) is 11.2. The van der Waals surface area contributed by atoms with Gasteiger partial charge >= 0.3 is 0 Å². The van der Waals surface area contributed by atoms with E-state index >= 15 is 0 Å². The topological polar surface area (TPSA) is 55.1 Å². The van der Waals surface area contributed by atoms with E-state index in [4.69, 9.17) is 5.11 Å². The molecule has 1 aliphatic heterocycles. The van der Waals surface area contributed by atoms with Crippen molar-refractivity contribution in [2.45, 2.75) is 13.3 Å². The molecule has 0 aliphatic carbocycles. The molecule has 0 atom stereocenters. The smallest absolute Gasteiger partial charge is 0.274 e. The summed E-state index contributed by atoms with van der Waals surface area (Å²) >= 11 is 0. The molecule has 2 heterocycles. The van der Waals surface area contributed by atoms with Crippen LogP contribution in [0, 0.1) is 6.92 Å². The van der Waals surface area contributed by atoms with Gasteiger partial charge in [-0.1, -0.05) is 0 Å². The molecule has 62 valence electrons. The number of rotatable bonds is 0. The quantitative estimate of drug-likeness (QED) is 0.617. The van der Waals surface area contributed by atoms with Crippen LogP contribution in [0.1, 0.15) is 16.2 Å². The van der Waals surface area contributed by atoms with Crippen LogP contribution in [0.2, 0.25) is 0 Å². The second-order valence-corrected chi connectivity index (χ2v) is 2.84. The van der Waals surface area contributed by atoms with Crippen LogP contribution in [0.3, 0.4) is 0 Å². The molecule has 1 aliphatic rings. The van der Waals surface area contributed by atoms with E-state index in [1.165, 1.54) is 10.8 Å². The number of allylic oxidation sites excluding steroid dienone is 2. The first kappa shape index (κ1) is 7.09. The summed E-state index contributed by atoms with van der Waals surface area (Å²) < 4.78 is 1.31. The lowest BCUT2D eigenvalue weighted by Crippen LogP contribution is -2.18. The van der Waals surface area contributed by atoms with Gasteiger partial charge in [0.05, 0.1) is 11.4 Å². The van der Waals surface area contributed by atoms with Gasteiger partial charge in [-0.15, -0.1) is 0 Å². The highest BCUT2D eigenvalue weighted by Gasteiger charge is 2.17. The van der Waals surface area contributed by atoms with Crippen molar-refractivity contribution < 1.29 is 9.90 Å². The predicted molar refractivity (Wildman–Crippen MR) is 42.0 cm³/mol. The standard InChI is InChI=1S/C8H8N2O2/c1-5-2-6-3-7(11)4-8(12)10(6)9-5/h2,4,11H,3H2,1H3. The fourth-order valence-electron chi connectivity index (χ4n) is 1.31. The van der Waals surface area contributed by atoms with Crippen LogP contribution in [0.5, 0.6) is 0 Å². The number of aliphatic hydroxyl groups is 1. The minimum Gasteiger partial charge on any atom is -0.512 e. The number of aliphatic hydroxyl groups excluding tert-OH is 1. The van der Waals surface area contributed by atoms with E-state index in [2.05, 4.69) is 5.10 Å². The lowest BCUT2D eigenvalue weighted by Gasteiger charge is -2.08. The van der Waals surface area contributed by atoms with Crippen LogP contribution in [0.15, 0.2) is 17.9 Å². The SMILES string of the molecule is Cc1cc2n(n1)C(=O)C=C(O)C2. The molecule has 0 radical (unpaired) electrons. The minimum atomic E-state index is -0.276. The molecule has 0 fully saturated rings. The molecule has 0 bridgehead atoms. The van der Waals surface area contributed by atoms with Gasteiger partial charge in [-0.2, -0.15) is 5.10 Å². The maximum Gasteiger partial charge on any atom is 0.274 e. The number of aryl methyl sites for hydroxylation is 1. The van der Waals surface area contributed by atoms with Crippen LogP contribution in [-0.4, -0.2) is 20.8 Å². The van der Waals surface area contributed by atoms with E-state index in [9.17, 15) is 4.79 Å². The second-order valence-electron chi connectivity index (χ2n) is 2.84. The van der Waals surface area contributed by atoms with Crippen molar-refractivity contribution in [1.29, 1.82) is 0 Å². The van der Waals surface area contributed by atoms with Crippen molar-refractivity contribution in [3.63, 3.8) is 0 Å². The fourth-order valence-corrected chi connectivity index (χ4v) is 1.31.